The molecule has 2 aromatic heterocycles. The van der Waals surface area contributed by atoms with Crippen molar-refractivity contribution >= 4 is 11.3 Å². The van der Waals surface area contributed by atoms with E-state index in [1.165, 1.54) is 14.0 Å². The highest BCUT2D eigenvalue weighted by molar-refractivity contribution is 6.03. The molecule has 0 N–H and O–H groups in total. The van der Waals surface area contributed by atoms with Gasteiger partial charge in [-0.05, 0) is 19.1 Å². The number of hydrogen-bond acceptors (Lipinski definition) is 3. The molecule has 0 saturated heterocycles. The van der Waals surface area contributed by atoms with E-state index in [1.807, 2.05) is 18.2 Å². The predicted molar refractivity (Wildman–Crippen MR) is 51.7 cm³/mol. The fourth-order valence-electron chi connectivity index (χ4n) is 1.45. The molecule has 14 heavy (non-hydrogen) atoms. The lowest BCUT2D eigenvalue weighted by Crippen LogP contribution is -1.94. The van der Waals surface area contributed by atoms with Gasteiger partial charge in [-0.15, -0.1) is 5.10 Å². The molecule has 0 atom stereocenters. The standard InChI is InChI=1S/C10H10N2O2/c1-7(13)9-8-5-3-4-6-12(8)11-10(9)14-2/h3-6H,1-2H3. The molecule has 0 bridgehead atoms. The highest BCUT2D eigenvalue weighted by atomic mass is 16.5. The largest absolute Gasteiger partial charge is 0.479 e. The van der Waals surface area contributed by atoms with Crippen molar-refractivity contribution in [1.82, 2.24) is 9.61 Å². The zero-order valence-electron chi connectivity index (χ0n) is 8.02. The molecular weight excluding hydrogens is 180 g/mol. The van der Waals surface area contributed by atoms with E-state index in [0.717, 1.165) is 5.52 Å². The third-order valence-electron chi connectivity index (χ3n) is 2.05. The van der Waals surface area contributed by atoms with E-state index in [4.69, 9.17) is 4.74 Å². The molecule has 4 nitrogen and oxygen atoms in total. The van der Waals surface area contributed by atoms with Crippen molar-refractivity contribution in [2.45, 2.75) is 6.92 Å². The lowest BCUT2D eigenvalue weighted by Gasteiger charge is -1.95. The first-order valence-electron chi connectivity index (χ1n) is 4.26. The summed E-state index contributed by atoms with van der Waals surface area (Å²) in [4.78, 5) is 11.4. The van der Waals surface area contributed by atoms with E-state index >= 15 is 0 Å². The summed E-state index contributed by atoms with van der Waals surface area (Å²) in [6.45, 7) is 1.51. The maximum Gasteiger partial charge on any atom is 0.244 e. The SMILES string of the molecule is COc1nn2ccccc2c1C(C)=O. The number of hydrogen-bond donors (Lipinski definition) is 0. The van der Waals surface area contributed by atoms with Gasteiger partial charge in [-0.25, -0.2) is 4.52 Å². The summed E-state index contributed by atoms with van der Waals surface area (Å²) in [5.41, 5.74) is 1.31. The number of pyridine rings is 1. The molecule has 0 fully saturated rings. The second-order valence-corrected chi connectivity index (χ2v) is 2.97. The Balaban J connectivity index is 2.81. The van der Waals surface area contributed by atoms with Crippen molar-refractivity contribution in [1.29, 1.82) is 0 Å². The van der Waals surface area contributed by atoms with Crippen LogP contribution in [0.1, 0.15) is 17.3 Å². The lowest BCUT2D eigenvalue weighted by molar-refractivity contribution is 0.101. The molecule has 72 valence electrons. The Morgan fingerprint density at radius 2 is 2.29 bits per heavy atom. The minimum absolute atomic E-state index is 0.0388. The highest BCUT2D eigenvalue weighted by Gasteiger charge is 2.16. The predicted octanol–water partition coefficient (Wildman–Crippen LogP) is 1.55. The van der Waals surface area contributed by atoms with Gasteiger partial charge in [-0.2, -0.15) is 0 Å². The van der Waals surface area contributed by atoms with Crippen LogP contribution < -0.4 is 4.74 Å². The summed E-state index contributed by atoms with van der Waals surface area (Å²) >= 11 is 0. The van der Waals surface area contributed by atoms with Gasteiger partial charge >= 0.3 is 0 Å². The van der Waals surface area contributed by atoms with Crippen LogP contribution in [0.3, 0.4) is 0 Å². The molecule has 2 rings (SSSR count). The van der Waals surface area contributed by atoms with Gasteiger partial charge in [0, 0.05) is 6.20 Å². The second-order valence-electron chi connectivity index (χ2n) is 2.97. The number of carbonyl (C=O) groups excluding carboxylic acids is 1. The maximum atomic E-state index is 11.4. The molecule has 0 radical (unpaired) electrons. The first-order valence-corrected chi connectivity index (χ1v) is 4.26. The number of ether oxygens (including phenoxy) is 1. The summed E-state index contributed by atoms with van der Waals surface area (Å²) < 4.78 is 6.67. The van der Waals surface area contributed by atoms with Gasteiger partial charge in [-0.3, -0.25) is 4.79 Å². The Kier molecular flexibility index (Phi) is 1.96. The number of carbonyl (C=O) groups is 1. The van der Waals surface area contributed by atoms with Crippen LogP contribution in [0.4, 0.5) is 0 Å². The molecule has 0 aliphatic carbocycles. The second kappa shape index (κ2) is 3.14. The van der Waals surface area contributed by atoms with Crippen LogP contribution >= 0.6 is 0 Å². The summed E-state index contributed by atoms with van der Waals surface area (Å²) in [6.07, 6.45) is 1.78. The third-order valence-corrected chi connectivity index (χ3v) is 2.05. The summed E-state index contributed by atoms with van der Waals surface area (Å²) in [7, 11) is 1.51. The number of methoxy groups -OCH3 is 1. The fourth-order valence-corrected chi connectivity index (χ4v) is 1.45. The Morgan fingerprint density at radius 1 is 1.50 bits per heavy atom. The first-order chi connectivity index (χ1) is 6.74. The summed E-state index contributed by atoms with van der Waals surface area (Å²) in [5, 5.41) is 4.13. The topological polar surface area (TPSA) is 43.6 Å². The smallest absolute Gasteiger partial charge is 0.244 e. The zero-order chi connectivity index (χ0) is 10.1. The number of fused-ring (bicyclic) bond motifs is 1. The van der Waals surface area contributed by atoms with Crippen LogP contribution in [0.25, 0.3) is 5.52 Å². The zero-order valence-corrected chi connectivity index (χ0v) is 8.02. The number of Topliss-reactive ketones (excluding diaryl/α,β-unsaturated/α-hetero) is 1. The average molecular weight is 190 g/mol. The van der Waals surface area contributed by atoms with E-state index < -0.39 is 0 Å². The van der Waals surface area contributed by atoms with E-state index in [-0.39, 0.29) is 5.78 Å². The molecule has 2 aromatic rings. The first kappa shape index (κ1) is 8.74. The average Bonchev–Trinajstić information content (AvgIpc) is 2.55. The van der Waals surface area contributed by atoms with Crippen LogP contribution in [0.2, 0.25) is 0 Å². The number of nitrogens with zero attached hydrogens (tertiary/aromatic N) is 2. The third kappa shape index (κ3) is 1.16. The number of ketones is 1. The molecule has 0 saturated carbocycles. The van der Waals surface area contributed by atoms with Crippen LogP contribution in [-0.2, 0) is 0 Å². The summed E-state index contributed by atoms with van der Waals surface area (Å²) in [6, 6.07) is 5.55. The van der Waals surface area contributed by atoms with Gasteiger partial charge in [-0.1, -0.05) is 6.07 Å². The van der Waals surface area contributed by atoms with Crippen LogP contribution in [0.15, 0.2) is 24.4 Å². The molecule has 0 spiro atoms. The Hall–Kier alpha value is -1.84. The molecule has 0 aromatic carbocycles. The Morgan fingerprint density at radius 3 is 2.93 bits per heavy atom. The van der Waals surface area contributed by atoms with E-state index in [2.05, 4.69) is 5.10 Å². The molecule has 0 unspecified atom stereocenters. The van der Waals surface area contributed by atoms with Crippen molar-refractivity contribution < 1.29 is 9.53 Å². The molecule has 4 heteroatoms. The highest BCUT2D eigenvalue weighted by Crippen LogP contribution is 2.22. The van der Waals surface area contributed by atoms with Crippen molar-refractivity contribution in [2.75, 3.05) is 7.11 Å². The molecule has 0 aliphatic rings. The van der Waals surface area contributed by atoms with E-state index in [9.17, 15) is 4.79 Å². The van der Waals surface area contributed by atoms with Crippen LogP contribution in [0.5, 0.6) is 5.88 Å². The van der Waals surface area contributed by atoms with Gasteiger partial charge in [0.1, 0.15) is 5.56 Å². The lowest BCUT2D eigenvalue weighted by atomic mass is 10.2. The number of aromatic nitrogens is 2. The van der Waals surface area contributed by atoms with Gasteiger partial charge in [0.15, 0.2) is 5.78 Å². The summed E-state index contributed by atoms with van der Waals surface area (Å²) in [5.74, 6) is 0.340. The molecule has 2 heterocycles. The van der Waals surface area contributed by atoms with Crippen molar-refractivity contribution in [3.8, 4) is 5.88 Å². The van der Waals surface area contributed by atoms with E-state index in [0.29, 0.717) is 11.4 Å². The van der Waals surface area contributed by atoms with E-state index in [1.54, 1.807) is 10.7 Å². The van der Waals surface area contributed by atoms with Crippen LogP contribution in [-0.4, -0.2) is 22.5 Å². The van der Waals surface area contributed by atoms with Gasteiger partial charge in [0.05, 0.1) is 12.6 Å². The van der Waals surface area contributed by atoms with Crippen molar-refractivity contribution in [3.63, 3.8) is 0 Å². The van der Waals surface area contributed by atoms with Gasteiger partial charge < -0.3 is 4.74 Å². The maximum absolute atomic E-state index is 11.4. The van der Waals surface area contributed by atoms with Crippen molar-refractivity contribution in [3.05, 3.63) is 30.0 Å². The number of rotatable bonds is 2. The Bertz CT molecular complexity index is 488. The fraction of sp³-hybridized carbons (Fsp3) is 0.200. The van der Waals surface area contributed by atoms with Crippen LogP contribution in [0, 0.1) is 0 Å². The minimum atomic E-state index is -0.0388. The minimum Gasteiger partial charge on any atom is -0.479 e. The Labute approximate surface area is 81.1 Å². The molecule has 0 amide bonds. The van der Waals surface area contributed by atoms with Gasteiger partial charge in [0.2, 0.25) is 5.88 Å². The normalized spacial score (nSPS) is 10.4. The quantitative estimate of drug-likeness (QED) is 0.675. The monoisotopic (exact) mass is 190 g/mol. The van der Waals surface area contributed by atoms with Crippen molar-refractivity contribution in [2.24, 2.45) is 0 Å². The molecule has 0 aliphatic heterocycles. The molecular formula is C10H10N2O2. The van der Waals surface area contributed by atoms with Gasteiger partial charge in [0.25, 0.3) is 0 Å².